The average molecular weight is 404 g/mol. The monoisotopic (exact) mass is 404 g/mol. The number of carbonyl (C=O) groups excluding carboxylic acids is 1. The Kier molecular flexibility index (Phi) is 4.25. The molecule has 0 saturated heterocycles. The van der Waals surface area contributed by atoms with Gasteiger partial charge in [-0.1, -0.05) is 12.1 Å². The van der Waals surface area contributed by atoms with E-state index in [0.29, 0.717) is 23.0 Å². The summed E-state index contributed by atoms with van der Waals surface area (Å²) in [6.45, 7) is 0. The Labute approximate surface area is 162 Å². The number of carboxylic acid groups (broad SMARTS) is 1. The number of aliphatic carboxylic acids is 1. The van der Waals surface area contributed by atoms with E-state index in [9.17, 15) is 22.8 Å². The normalized spacial score (nSPS) is 18.6. The van der Waals surface area contributed by atoms with Crippen molar-refractivity contribution in [3.63, 3.8) is 0 Å². The highest BCUT2D eigenvalue weighted by Crippen LogP contribution is 2.48. The topological polar surface area (TPSA) is 94.6 Å². The molecule has 0 aliphatic heterocycles. The van der Waals surface area contributed by atoms with Crippen LogP contribution in [-0.4, -0.2) is 27.9 Å². The van der Waals surface area contributed by atoms with E-state index in [-0.39, 0.29) is 11.6 Å². The van der Waals surface area contributed by atoms with Gasteiger partial charge in [-0.05, 0) is 48.2 Å². The molecule has 1 heterocycles. The zero-order valence-electron chi connectivity index (χ0n) is 14.8. The lowest BCUT2D eigenvalue weighted by molar-refractivity contribution is -0.274. The van der Waals surface area contributed by atoms with Gasteiger partial charge in [0, 0.05) is 17.1 Å². The highest BCUT2D eigenvalue weighted by molar-refractivity contribution is 5.99. The van der Waals surface area contributed by atoms with Gasteiger partial charge in [-0.3, -0.25) is 9.59 Å². The zero-order chi connectivity index (χ0) is 20.9. The molecule has 1 aromatic heterocycles. The number of fused-ring (bicyclic) bond motifs is 1. The van der Waals surface area contributed by atoms with E-state index < -0.39 is 29.9 Å². The first kappa shape index (κ1) is 18.9. The van der Waals surface area contributed by atoms with Gasteiger partial charge in [0.1, 0.15) is 11.4 Å². The molecule has 3 aromatic rings. The molecule has 1 fully saturated rings. The van der Waals surface area contributed by atoms with Gasteiger partial charge in [-0.2, -0.15) is 0 Å². The number of alkyl halides is 3. The van der Waals surface area contributed by atoms with Crippen LogP contribution < -0.4 is 10.5 Å². The minimum absolute atomic E-state index is 0.0897. The molecule has 1 amide bonds. The van der Waals surface area contributed by atoms with Gasteiger partial charge in [0.25, 0.3) is 5.91 Å². The van der Waals surface area contributed by atoms with Crippen LogP contribution in [0.4, 0.5) is 13.2 Å². The number of nitrogens with two attached hydrogens (primary N) is 1. The summed E-state index contributed by atoms with van der Waals surface area (Å²) in [4.78, 5) is 23.1. The van der Waals surface area contributed by atoms with E-state index >= 15 is 0 Å². The predicted octanol–water partition coefficient (Wildman–Crippen LogP) is 3.82. The van der Waals surface area contributed by atoms with E-state index in [4.69, 9.17) is 10.8 Å². The number of halogens is 3. The second-order valence-corrected chi connectivity index (χ2v) is 6.88. The summed E-state index contributed by atoms with van der Waals surface area (Å²) in [6, 6.07) is 12.1. The van der Waals surface area contributed by atoms with Crippen LogP contribution in [0.5, 0.6) is 5.75 Å². The zero-order valence-corrected chi connectivity index (χ0v) is 14.8. The molecule has 6 nitrogen and oxygen atoms in total. The second-order valence-electron chi connectivity index (χ2n) is 6.88. The molecule has 4 rings (SSSR count). The molecule has 1 aliphatic carbocycles. The van der Waals surface area contributed by atoms with Crippen LogP contribution in [0, 0.1) is 5.92 Å². The Bertz CT molecular complexity index is 1140. The number of amides is 1. The molecule has 150 valence electrons. The van der Waals surface area contributed by atoms with Gasteiger partial charge in [-0.25, -0.2) is 0 Å². The highest BCUT2D eigenvalue weighted by Gasteiger charge is 2.44. The van der Waals surface area contributed by atoms with Crippen molar-refractivity contribution in [1.82, 2.24) is 4.57 Å². The lowest BCUT2D eigenvalue weighted by Gasteiger charge is -2.12. The fourth-order valence-electron chi connectivity index (χ4n) is 3.57. The molecular formula is C20H15F3N2O4. The Morgan fingerprint density at radius 2 is 1.90 bits per heavy atom. The van der Waals surface area contributed by atoms with Crippen LogP contribution in [0.25, 0.3) is 16.6 Å². The lowest BCUT2D eigenvalue weighted by Crippen LogP contribution is -2.17. The third-order valence-corrected chi connectivity index (χ3v) is 4.93. The number of carboxylic acids is 1. The molecule has 9 heteroatoms. The number of benzene rings is 2. The molecule has 0 bridgehead atoms. The lowest BCUT2D eigenvalue weighted by atomic mass is 10.1. The van der Waals surface area contributed by atoms with Gasteiger partial charge in [0.15, 0.2) is 0 Å². The first-order valence-corrected chi connectivity index (χ1v) is 8.68. The van der Waals surface area contributed by atoms with Crippen LogP contribution in [0.1, 0.15) is 28.4 Å². The van der Waals surface area contributed by atoms with Gasteiger partial charge in [0.2, 0.25) is 0 Å². The smallest absolute Gasteiger partial charge is 0.481 e. The number of primary amides is 1. The molecular weight excluding hydrogens is 389 g/mol. The molecule has 0 radical (unpaired) electrons. The molecule has 0 spiro atoms. The van der Waals surface area contributed by atoms with Gasteiger partial charge in [-0.15, -0.1) is 13.2 Å². The Morgan fingerprint density at radius 3 is 2.52 bits per heavy atom. The molecule has 2 aromatic carbocycles. The minimum Gasteiger partial charge on any atom is -0.481 e. The summed E-state index contributed by atoms with van der Waals surface area (Å²) in [6.07, 6.45) is -4.34. The van der Waals surface area contributed by atoms with Crippen molar-refractivity contribution in [2.24, 2.45) is 11.7 Å². The Balaban J connectivity index is 1.83. The van der Waals surface area contributed by atoms with E-state index in [2.05, 4.69) is 4.74 Å². The summed E-state index contributed by atoms with van der Waals surface area (Å²) in [7, 11) is 0. The third-order valence-electron chi connectivity index (χ3n) is 4.93. The number of hydrogen-bond acceptors (Lipinski definition) is 3. The van der Waals surface area contributed by atoms with E-state index in [1.54, 1.807) is 24.3 Å². The van der Waals surface area contributed by atoms with Gasteiger partial charge < -0.3 is 20.1 Å². The van der Waals surface area contributed by atoms with Crippen molar-refractivity contribution in [2.45, 2.75) is 18.7 Å². The van der Waals surface area contributed by atoms with Crippen molar-refractivity contribution in [2.75, 3.05) is 0 Å². The fraction of sp³-hybridized carbons (Fsp3) is 0.200. The number of ether oxygens (including phenoxy) is 1. The molecule has 1 aliphatic rings. The maximum Gasteiger partial charge on any atom is 0.573 e. The second kappa shape index (κ2) is 6.54. The maximum absolute atomic E-state index is 12.6. The molecule has 29 heavy (non-hydrogen) atoms. The van der Waals surface area contributed by atoms with Crippen LogP contribution in [-0.2, 0) is 4.79 Å². The van der Waals surface area contributed by atoms with Crippen LogP contribution in [0.2, 0.25) is 0 Å². The van der Waals surface area contributed by atoms with Crippen LogP contribution in [0.15, 0.2) is 48.5 Å². The Hall–Kier alpha value is -3.49. The number of nitrogens with zero attached hydrogens (tertiary/aromatic N) is 1. The first-order valence-electron chi connectivity index (χ1n) is 8.68. The van der Waals surface area contributed by atoms with Gasteiger partial charge >= 0.3 is 12.3 Å². The van der Waals surface area contributed by atoms with E-state index in [0.717, 1.165) is 11.6 Å². The van der Waals surface area contributed by atoms with E-state index in [1.165, 1.54) is 22.8 Å². The SMILES string of the molecule is NC(=O)c1cc2ccc(OC(F)(F)F)cc2n1-c1cccc([C@@H]2C[C@H]2C(=O)O)c1. The largest absolute Gasteiger partial charge is 0.573 e. The minimum atomic E-state index is -4.85. The molecule has 0 unspecified atom stereocenters. The quantitative estimate of drug-likeness (QED) is 0.676. The summed E-state index contributed by atoms with van der Waals surface area (Å²) >= 11 is 0. The summed E-state index contributed by atoms with van der Waals surface area (Å²) < 4.78 is 43.2. The molecule has 1 saturated carbocycles. The Morgan fingerprint density at radius 1 is 1.14 bits per heavy atom. The van der Waals surface area contributed by atoms with Crippen molar-refractivity contribution >= 4 is 22.8 Å². The molecule has 2 atom stereocenters. The number of hydrogen-bond donors (Lipinski definition) is 2. The van der Waals surface area contributed by atoms with Crippen LogP contribution in [0.3, 0.4) is 0 Å². The van der Waals surface area contributed by atoms with E-state index in [1.807, 2.05) is 0 Å². The fourth-order valence-corrected chi connectivity index (χ4v) is 3.57. The van der Waals surface area contributed by atoms with Crippen molar-refractivity contribution in [3.05, 3.63) is 59.8 Å². The highest BCUT2D eigenvalue weighted by atomic mass is 19.4. The predicted molar refractivity (Wildman–Crippen MR) is 97.0 cm³/mol. The summed E-state index contributed by atoms with van der Waals surface area (Å²) in [5.74, 6) is -2.66. The third kappa shape index (κ3) is 3.63. The van der Waals surface area contributed by atoms with Crippen molar-refractivity contribution in [3.8, 4) is 11.4 Å². The maximum atomic E-state index is 12.6. The summed E-state index contributed by atoms with van der Waals surface area (Å²) in [5.41, 5.74) is 7.14. The van der Waals surface area contributed by atoms with Gasteiger partial charge in [0.05, 0.1) is 11.4 Å². The van der Waals surface area contributed by atoms with Crippen LogP contribution >= 0.6 is 0 Å². The number of aromatic nitrogens is 1. The standard InChI is InChI=1S/C20H15F3N2O4/c21-20(22,23)29-13-5-4-11-7-17(18(24)26)25(16(11)8-13)12-3-1-2-10(6-12)14-9-15(14)19(27)28/h1-8,14-15H,9H2,(H2,24,26)(H,27,28)/t14-,15+/m0/s1. The summed E-state index contributed by atoms with van der Waals surface area (Å²) in [5, 5.41) is 9.66. The number of rotatable bonds is 5. The van der Waals surface area contributed by atoms with Crippen molar-refractivity contribution < 1.29 is 32.6 Å². The van der Waals surface area contributed by atoms with Crippen molar-refractivity contribution in [1.29, 1.82) is 0 Å². The number of carbonyl (C=O) groups is 2. The first-order chi connectivity index (χ1) is 13.6. The molecule has 3 N–H and O–H groups in total. The average Bonchev–Trinajstić information content (AvgIpc) is 3.35.